The molecule has 0 aliphatic heterocycles. The van der Waals surface area contributed by atoms with Gasteiger partial charge in [0.1, 0.15) is 5.75 Å². The van der Waals surface area contributed by atoms with Gasteiger partial charge in [0.25, 0.3) is 5.91 Å². The fraction of sp³-hybridized carbons (Fsp3) is 0.458. The highest BCUT2D eigenvalue weighted by Gasteiger charge is 2.23. The van der Waals surface area contributed by atoms with Crippen LogP contribution in [0.2, 0.25) is 0 Å². The zero-order valence-corrected chi connectivity index (χ0v) is 19.4. The molecule has 2 aromatic rings. The maximum Gasteiger partial charge on any atom is 0.251 e. The monoisotopic (exact) mass is 444 g/mol. The third kappa shape index (κ3) is 5.86. The largest absolute Gasteiger partial charge is 0.494 e. The molecule has 1 saturated carbocycles. The first-order valence-electron chi connectivity index (χ1n) is 10.9. The minimum Gasteiger partial charge on any atom is -0.494 e. The molecule has 168 valence electrons. The van der Waals surface area contributed by atoms with Crippen LogP contribution in [-0.4, -0.2) is 38.3 Å². The average Bonchev–Trinajstić information content (AvgIpc) is 2.76. The lowest BCUT2D eigenvalue weighted by atomic mass is 9.95. The second kappa shape index (κ2) is 10.3. The van der Waals surface area contributed by atoms with E-state index in [2.05, 4.69) is 5.32 Å². The van der Waals surface area contributed by atoms with Crippen molar-refractivity contribution >= 4 is 15.9 Å². The topological polar surface area (TPSA) is 75.7 Å². The van der Waals surface area contributed by atoms with Gasteiger partial charge >= 0.3 is 0 Å². The second-order valence-corrected chi connectivity index (χ2v) is 10.2. The van der Waals surface area contributed by atoms with Crippen molar-refractivity contribution in [2.45, 2.75) is 63.4 Å². The molecule has 1 N–H and O–H groups in total. The van der Waals surface area contributed by atoms with Crippen molar-refractivity contribution in [3.8, 4) is 5.75 Å². The Morgan fingerprint density at radius 3 is 2.42 bits per heavy atom. The van der Waals surface area contributed by atoms with Crippen LogP contribution in [0, 0.1) is 6.92 Å². The molecule has 0 aromatic heterocycles. The van der Waals surface area contributed by atoms with Crippen LogP contribution in [-0.2, 0) is 16.6 Å². The van der Waals surface area contributed by atoms with Crippen molar-refractivity contribution in [3.63, 3.8) is 0 Å². The zero-order chi connectivity index (χ0) is 22.4. The van der Waals surface area contributed by atoms with E-state index in [1.165, 1.54) is 10.7 Å². The minimum atomic E-state index is -3.66. The standard InChI is InChI=1S/C24H32N2O4S/c1-4-30-23-15-12-19(24(27)25-21-8-6-5-7-9-21)16-20(23)17-26(3)31(28,29)22-13-10-18(2)11-14-22/h10-16,21H,4-9,17H2,1-3H3,(H,25,27). The number of ether oxygens (including phenoxy) is 1. The van der Waals surface area contributed by atoms with Gasteiger partial charge in [-0.1, -0.05) is 37.0 Å². The molecule has 1 aliphatic carbocycles. The molecule has 3 rings (SSSR count). The van der Waals surface area contributed by atoms with Crippen LogP contribution in [0.3, 0.4) is 0 Å². The smallest absolute Gasteiger partial charge is 0.251 e. The summed E-state index contributed by atoms with van der Waals surface area (Å²) >= 11 is 0. The molecule has 0 heterocycles. The number of benzene rings is 2. The van der Waals surface area contributed by atoms with Crippen molar-refractivity contribution in [3.05, 3.63) is 59.2 Å². The maximum atomic E-state index is 13.0. The molecule has 0 bridgehead atoms. The summed E-state index contributed by atoms with van der Waals surface area (Å²) in [6, 6.07) is 12.2. The zero-order valence-electron chi connectivity index (χ0n) is 18.6. The summed E-state index contributed by atoms with van der Waals surface area (Å²) in [5, 5.41) is 3.12. The highest BCUT2D eigenvalue weighted by Crippen LogP contribution is 2.25. The number of amides is 1. The van der Waals surface area contributed by atoms with Crippen molar-refractivity contribution in [2.75, 3.05) is 13.7 Å². The molecule has 1 fully saturated rings. The SMILES string of the molecule is CCOc1ccc(C(=O)NC2CCCCC2)cc1CN(C)S(=O)(=O)c1ccc(C)cc1. The summed E-state index contributed by atoms with van der Waals surface area (Å²) in [5.74, 6) is 0.461. The van der Waals surface area contributed by atoms with Crippen LogP contribution in [0.1, 0.15) is 60.5 Å². The Bertz CT molecular complexity index is 997. The van der Waals surface area contributed by atoms with Crippen molar-refractivity contribution < 1.29 is 17.9 Å². The van der Waals surface area contributed by atoms with Crippen LogP contribution < -0.4 is 10.1 Å². The predicted molar refractivity (Wildman–Crippen MR) is 122 cm³/mol. The number of aryl methyl sites for hydroxylation is 1. The Kier molecular flexibility index (Phi) is 7.73. The van der Waals surface area contributed by atoms with Gasteiger partial charge in [-0.25, -0.2) is 8.42 Å². The summed E-state index contributed by atoms with van der Waals surface area (Å²) in [6.07, 6.45) is 5.52. The number of nitrogens with zero attached hydrogens (tertiary/aromatic N) is 1. The molecular formula is C24H32N2O4S. The third-order valence-electron chi connectivity index (χ3n) is 5.69. The summed E-state index contributed by atoms with van der Waals surface area (Å²) in [7, 11) is -2.12. The highest BCUT2D eigenvalue weighted by atomic mass is 32.2. The van der Waals surface area contributed by atoms with Crippen LogP contribution in [0.4, 0.5) is 0 Å². The fourth-order valence-electron chi connectivity index (χ4n) is 3.87. The van der Waals surface area contributed by atoms with Gasteiger partial charge in [0.2, 0.25) is 10.0 Å². The molecule has 0 unspecified atom stereocenters. The molecule has 2 aromatic carbocycles. The van der Waals surface area contributed by atoms with Gasteiger partial charge in [-0.05, 0) is 57.0 Å². The van der Waals surface area contributed by atoms with Crippen molar-refractivity contribution in [2.24, 2.45) is 0 Å². The predicted octanol–water partition coefficient (Wildman–Crippen LogP) is 4.28. The number of nitrogens with one attached hydrogen (secondary N) is 1. The first-order chi connectivity index (χ1) is 14.8. The third-order valence-corrected chi connectivity index (χ3v) is 7.50. The van der Waals surface area contributed by atoms with Gasteiger partial charge in [-0.2, -0.15) is 4.31 Å². The van der Waals surface area contributed by atoms with Gasteiger partial charge in [0.15, 0.2) is 0 Å². The second-order valence-electron chi connectivity index (χ2n) is 8.14. The Morgan fingerprint density at radius 1 is 1.10 bits per heavy atom. The fourth-order valence-corrected chi connectivity index (χ4v) is 5.02. The first-order valence-corrected chi connectivity index (χ1v) is 12.3. The van der Waals surface area contributed by atoms with E-state index in [0.29, 0.717) is 23.5 Å². The number of sulfonamides is 1. The molecule has 0 atom stereocenters. The van der Waals surface area contributed by atoms with E-state index in [-0.39, 0.29) is 23.4 Å². The van der Waals surface area contributed by atoms with Gasteiger partial charge < -0.3 is 10.1 Å². The molecular weight excluding hydrogens is 412 g/mol. The van der Waals surface area contributed by atoms with E-state index in [1.54, 1.807) is 49.5 Å². The lowest BCUT2D eigenvalue weighted by Gasteiger charge is -2.23. The summed E-state index contributed by atoms with van der Waals surface area (Å²) < 4.78 is 33.0. The van der Waals surface area contributed by atoms with Crippen LogP contribution in [0.5, 0.6) is 5.75 Å². The van der Waals surface area contributed by atoms with E-state index < -0.39 is 10.0 Å². The maximum absolute atomic E-state index is 13.0. The Hall–Kier alpha value is -2.38. The Labute approximate surface area is 185 Å². The van der Waals surface area contributed by atoms with Crippen molar-refractivity contribution in [1.29, 1.82) is 0 Å². The molecule has 1 aliphatic rings. The van der Waals surface area contributed by atoms with E-state index in [0.717, 1.165) is 31.2 Å². The number of rotatable bonds is 8. The molecule has 7 heteroatoms. The molecule has 31 heavy (non-hydrogen) atoms. The molecule has 0 saturated heterocycles. The van der Waals surface area contributed by atoms with Gasteiger partial charge in [-0.15, -0.1) is 0 Å². The van der Waals surface area contributed by atoms with Gasteiger partial charge in [-0.3, -0.25) is 4.79 Å². The quantitative estimate of drug-likeness (QED) is 0.659. The minimum absolute atomic E-state index is 0.107. The number of carbonyl (C=O) groups excluding carboxylic acids is 1. The summed E-state index contributed by atoms with van der Waals surface area (Å²) in [6.45, 7) is 4.35. The van der Waals surface area contributed by atoms with Crippen LogP contribution in [0.15, 0.2) is 47.4 Å². The van der Waals surface area contributed by atoms with E-state index in [1.807, 2.05) is 13.8 Å². The first kappa shape index (κ1) is 23.3. The van der Waals surface area contributed by atoms with E-state index >= 15 is 0 Å². The van der Waals surface area contributed by atoms with E-state index in [9.17, 15) is 13.2 Å². The van der Waals surface area contributed by atoms with Gasteiger partial charge in [0, 0.05) is 30.8 Å². The Morgan fingerprint density at radius 2 is 1.77 bits per heavy atom. The number of carbonyl (C=O) groups is 1. The van der Waals surface area contributed by atoms with Crippen LogP contribution >= 0.6 is 0 Å². The average molecular weight is 445 g/mol. The number of hydrogen-bond acceptors (Lipinski definition) is 4. The van der Waals surface area contributed by atoms with E-state index in [4.69, 9.17) is 4.74 Å². The number of hydrogen-bond donors (Lipinski definition) is 1. The van der Waals surface area contributed by atoms with Crippen molar-refractivity contribution in [1.82, 2.24) is 9.62 Å². The van der Waals surface area contributed by atoms with Crippen LogP contribution in [0.25, 0.3) is 0 Å². The lowest BCUT2D eigenvalue weighted by Crippen LogP contribution is -2.36. The normalized spacial score (nSPS) is 15.1. The summed E-state index contributed by atoms with van der Waals surface area (Å²) in [5.41, 5.74) is 2.18. The lowest BCUT2D eigenvalue weighted by molar-refractivity contribution is 0.0927. The molecule has 0 spiro atoms. The molecule has 0 radical (unpaired) electrons. The highest BCUT2D eigenvalue weighted by molar-refractivity contribution is 7.89. The summed E-state index contributed by atoms with van der Waals surface area (Å²) in [4.78, 5) is 13.0. The van der Waals surface area contributed by atoms with Gasteiger partial charge in [0.05, 0.1) is 11.5 Å². The molecule has 6 nitrogen and oxygen atoms in total. The Balaban J connectivity index is 1.81. The molecule has 1 amide bonds.